The SMILES string of the molecule is c1ccc(N2C3CNCC32)cc1. The molecule has 2 unspecified atom stereocenters. The molecule has 2 nitrogen and oxygen atoms in total. The molecule has 0 saturated carbocycles. The Kier molecular flexibility index (Phi) is 1.21. The maximum Gasteiger partial charge on any atom is 0.0635 e. The molecular formula is C10H12N2. The summed E-state index contributed by atoms with van der Waals surface area (Å²) >= 11 is 0. The number of anilines is 1. The molecule has 0 aromatic heterocycles. The zero-order chi connectivity index (χ0) is 7.97. The van der Waals surface area contributed by atoms with Crippen molar-refractivity contribution in [2.45, 2.75) is 12.1 Å². The Morgan fingerprint density at radius 1 is 1.08 bits per heavy atom. The second kappa shape index (κ2) is 2.23. The highest BCUT2D eigenvalue weighted by Crippen LogP contribution is 2.36. The summed E-state index contributed by atoms with van der Waals surface area (Å²) in [7, 11) is 0. The monoisotopic (exact) mass is 160 g/mol. The number of para-hydroxylation sites is 1. The molecule has 2 heteroatoms. The van der Waals surface area contributed by atoms with Gasteiger partial charge < -0.3 is 10.2 Å². The summed E-state index contributed by atoms with van der Waals surface area (Å²) in [5.41, 5.74) is 1.38. The Hall–Kier alpha value is -1.02. The molecule has 2 fully saturated rings. The van der Waals surface area contributed by atoms with Gasteiger partial charge in [-0.15, -0.1) is 0 Å². The smallest absolute Gasteiger partial charge is 0.0635 e. The number of fused-ring (bicyclic) bond motifs is 1. The summed E-state index contributed by atoms with van der Waals surface area (Å²) in [5.74, 6) is 0. The highest BCUT2D eigenvalue weighted by molar-refractivity contribution is 5.57. The van der Waals surface area contributed by atoms with Gasteiger partial charge in [-0.25, -0.2) is 0 Å². The van der Waals surface area contributed by atoms with E-state index >= 15 is 0 Å². The number of hydrogen-bond donors (Lipinski definition) is 1. The summed E-state index contributed by atoms with van der Waals surface area (Å²) in [6.45, 7) is 2.33. The van der Waals surface area contributed by atoms with Crippen LogP contribution in [-0.4, -0.2) is 25.2 Å². The average Bonchev–Trinajstić information content (AvgIpc) is 2.62. The second-order valence-corrected chi connectivity index (χ2v) is 3.54. The fourth-order valence-electron chi connectivity index (χ4n) is 2.17. The van der Waals surface area contributed by atoms with Crippen molar-refractivity contribution in [2.24, 2.45) is 0 Å². The Bertz CT molecular complexity index is 273. The van der Waals surface area contributed by atoms with Crippen LogP contribution in [0.4, 0.5) is 5.69 Å². The zero-order valence-corrected chi connectivity index (χ0v) is 6.90. The average molecular weight is 160 g/mol. The van der Waals surface area contributed by atoms with Gasteiger partial charge in [0.2, 0.25) is 0 Å². The minimum Gasteiger partial charge on any atom is -0.359 e. The van der Waals surface area contributed by atoms with Crippen LogP contribution in [0.1, 0.15) is 0 Å². The van der Waals surface area contributed by atoms with E-state index in [1.807, 2.05) is 0 Å². The van der Waals surface area contributed by atoms with Crippen LogP contribution in [0.2, 0.25) is 0 Å². The maximum absolute atomic E-state index is 3.38. The number of benzene rings is 1. The lowest BCUT2D eigenvalue weighted by molar-refractivity contribution is 0.768. The molecule has 0 amide bonds. The van der Waals surface area contributed by atoms with Crippen molar-refractivity contribution in [3.05, 3.63) is 30.3 Å². The quantitative estimate of drug-likeness (QED) is 0.612. The van der Waals surface area contributed by atoms with Crippen LogP contribution in [0.15, 0.2) is 30.3 Å². The van der Waals surface area contributed by atoms with E-state index in [2.05, 4.69) is 40.5 Å². The third-order valence-electron chi connectivity index (χ3n) is 2.83. The van der Waals surface area contributed by atoms with Gasteiger partial charge in [0.15, 0.2) is 0 Å². The molecule has 12 heavy (non-hydrogen) atoms. The van der Waals surface area contributed by atoms with E-state index in [0.29, 0.717) is 0 Å². The zero-order valence-electron chi connectivity index (χ0n) is 6.90. The number of hydrogen-bond acceptors (Lipinski definition) is 2. The first kappa shape index (κ1) is 6.49. The summed E-state index contributed by atoms with van der Waals surface area (Å²) in [4.78, 5) is 2.50. The molecule has 1 N–H and O–H groups in total. The molecule has 2 aliphatic rings. The van der Waals surface area contributed by atoms with Gasteiger partial charge in [-0.3, -0.25) is 0 Å². The lowest BCUT2D eigenvalue weighted by Crippen LogP contribution is -2.22. The molecule has 2 heterocycles. The van der Waals surface area contributed by atoms with Gasteiger partial charge in [-0.05, 0) is 12.1 Å². The van der Waals surface area contributed by atoms with E-state index in [4.69, 9.17) is 0 Å². The van der Waals surface area contributed by atoms with Crippen LogP contribution in [-0.2, 0) is 0 Å². The van der Waals surface area contributed by atoms with Crippen LogP contribution in [0.25, 0.3) is 0 Å². The second-order valence-electron chi connectivity index (χ2n) is 3.54. The van der Waals surface area contributed by atoms with Crippen molar-refractivity contribution in [1.29, 1.82) is 0 Å². The van der Waals surface area contributed by atoms with Gasteiger partial charge in [0.05, 0.1) is 12.1 Å². The summed E-state index contributed by atoms with van der Waals surface area (Å²) in [6, 6.07) is 12.2. The first-order valence-corrected chi connectivity index (χ1v) is 4.51. The van der Waals surface area contributed by atoms with Gasteiger partial charge in [-0.1, -0.05) is 18.2 Å². The normalized spacial score (nSPS) is 31.8. The molecule has 2 atom stereocenters. The fourth-order valence-corrected chi connectivity index (χ4v) is 2.17. The van der Waals surface area contributed by atoms with Gasteiger partial charge in [-0.2, -0.15) is 0 Å². The fraction of sp³-hybridized carbons (Fsp3) is 0.400. The van der Waals surface area contributed by atoms with E-state index in [-0.39, 0.29) is 0 Å². The van der Waals surface area contributed by atoms with E-state index in [1.165, 1.54) is 18.8 Å². The Balaban J connectivity index is 1.85. The number of nitrogens with zero attached hydrogens (tertiary/aromatic N) is 1. The number of rotatable bonds is 1. The van der Waals surface area contributed by atoms with Crippen LogP contribution < -0.4 is 10.2 Å². The number of piperazine rings is 1. The van der Waals surface area contributed by atoms with Crippen molar-refractivity contribution in [3.8, 4) is 0 Å². The Morgan fingerprint density at radius 2 is 1.75 bits per heavy atom. The summed E-state index contributed by atoms with van der Waals surface area (Å²) in [6.07, 6.45) is 0. The molecule has 2 saturated heterocycles. The van der Waals surface area contributed by atoms with Gasteiger partial charge in [0.25, 0.3) is 0 Å². The predicted octanol–water partition coefficient (Wildman–Crippen LogP) is 0.847. The van der Waals surface area contributed by atoms with Crippen molar-refractivity contribution in [2.75, 3.05) is 18.0 Å². The molecular weight excluding hydrogens is 148 g/mol. The van der Waals surface area contributed by atoms with Crippen LogP contribution in [0, 0.1) is 0 Å². The first-order chi connectivity index (χ1) is 5.97. The minimum absolute atomic E-state index is 0.785. The van der Waals surface area contributed by atoms with Gasteiger partial charge >= 0.3 is 0 Å². The van der Waals surface area contributed by atoms with Crippen LogP contribution in [0.5, 0.6) is 0 Å². The lowest BCUT2D eigenvalue weighted by Gasteiger charge is -2.09. The molecule has 1 aromatic carbocycles. The summed E-state index contributed by atoms with van der Waals surface area (Å²) in [5, 5.41) is 3.38. The molecule has 2 aliphatic heterocycles. The third kappa shape index (κ3) is 0.786. The molecule has 62 valence electrons. The Labute approximate surface area is 72.2 Å². The largest absolute Gasteiger partial charge is 0.359 e. The van der Waals surface area contributed by atoms with Crippen molar-refractivity contribution in [3.63, 3.8) is 0 Å². The topological polar surface area (TPSA) is 15.0 Å². The minimum atomic E-state index is 0.785. The highest BCUT2D eigenvalue weighted by Gasteiger charge is 2.50. The maximum atomic E-state index is 3.38. The Morgan fingerprint density at radius 3 is 2.42 bits per heavy atom. The van der Waals surface area contributed by atoms with Crippen molar-refractivity contribution in [1.82, 2.24) is 5.32 Å². The highest BCUT2D eigenvalue weighted by atomic mass is 15.4. The van der Waals surface area contributed by atoms with Crippen molar-refractivity contribution >= 4 is 5.69 Å². The molecule has 0 radical (unpaired) electrons. The van der Waals surface area contributed by atoms with Crippen LogP contribution in [0.3, 0.4) is 0 Å². The van der Waals surface area contributed by atoms with E-state index in [9.17, 15) is 0 Å². The lowest BCUT2D eigenvalue weighted by atomic mass is 10.3. The first-order valence-electron chi connectivity index (χ1n) is 4.51. The van der Waals surface area contributed by atoms with E-state index in [1.54, 1.807) is 0 Å². The molecule has 0 bridgehead atoms. The molecule has 0 spiro atoms. The molecule has 0 aliphatic carbocycles. The van der Waals surface area contributed by atoms with E-state index in [0.717, 1.165) is 12.1 Å². The van der Waals surface area contributed by atoms with Gasteiger partial charge in [0.1, 0.15) is 0 Å². The number of nitrogens with one attached hydrogen (secondary N) is 1. The van der Waals surface area contributed by atoms with E-state index < -0.39 is 0 Å². The van der Waals surface area contributed by atoms with Crippen molar-refractivity contribution < 1.29 is 0 Å². The third-order valence-corrected chi connectivity index (χ3v) is 2.83. The molecule has 3 rings (SSSR count). The van der Waals surface area contributed by atoms with Crippen LogP contribution >= 0.6 is 0 Å². The standard InChI is InChI=1S/C10H12N2/c1-2-4-8(5-3-1)12-9-6-11-7-10(9)12/h1-5,9-11H,6-7H2. The summed E-state index contributed by atoms with van der Waals surface area (Å²) < 4.78 is 0. The molecule has 1 aromatic rings. The van der Waals surface area contributed by atoms with Gasteiger partial charge in [0, 0.05) is 18.8 Å². The predicted molar refractivity (Wildman–Crippen MR) is 49.4 cm³/mol.